The Labute approximate surface area is 163 Å². The maximum absolute atomic E-state index is 6.53. The monoisotopic (exact) mass is 380 g/mol. The Morgan fingerprint density at radius 2 is 1.65 bits per heavy atom. The smallest absolute Gasteiger partial charge is 0.138 e. The van der Waals surface area contributed by atoms with E-state index in [9.17, 15) is 0 Å². The molecule has 0 saturated carbocycles. The number of rotatable bonds is 2. The van der Waals surface area contributed by atoms with E-state index in [-0.39, 0.29) is 0 Å². The highest BCUT2D eigenvalue weighted by Gasteiger charge is 2.19. The molecule has 4 rings (SSSR count). The van der Waals surface area contributed by atoms with Crippen LogP contribution in [0.4, 0.5) is 0 Å². The van der Waals surface area contributed by atoms with Gasteiger partial charge >= 0.3 is 0 Å². The molecule has 1 aliphatic rings. The second-order valence-electron chi connectivity index (χ2n) is 6.38. The number of fused-ring (bicyclic) bond motifs is 2. The van der Waals surface area contributed by atoms with Gasteiger partial charge in [0.15, 0.2) is 0 Å². The molecule has 0 spiro atoms. The van der Waals surface area contributed by atoms with Crippen LogP contribution in [0.25, 0.3) is 11.6 Å². The Hall–Kier alpha value is -2.22. The van der Waals surface area contributed by atoms with Gasteiger partial charge in [-0.15, -0.1) is 0 Å². The van der Waals surface area contributed by atoms with Crippen molar-refractivity contribution >= 4 is 34.9 Å². The van der Waals surface area contributed by atoms with Crippen LogP contribution in [0, 0.1) is 0 Å². The summed E-state index contributed by atoms with van der Waals surface area (Å²) in [4.78, 5) is 0. The standard InChI is InChI=1S/C23H18Cl2O/c1-26-23-14-15(9-12-22(23)25)13-20-17-6-3-2-5-16(17)10-11-19-18(20)7-4-8-21(19)24/h2-9,12-14H,10-11H2,1H3/b20-13-. The molecule has 0 atom stereocenters. The third kappa shape index (κ3) is 3.13. The lowest BCUT2D eigenvalue weighted by atomic mass is 9.92. The van der Waals surface area contributed by atoms with Crippen molar-refractivity contribution in [3.8, 4) is 5.75 Å². The molecule has 0 saturated heterocycles. The highest BCUT2D eigenvalue weighted by molar-refractivity contribution is 6.32. The van der Waals surface area contributed by atoms with Crippen molar-refractivity contribution in [1.82, 2.24) is 0 Å². The fraction of sp³-hybridized carbons (Fsp3) is 0.130. The van der Waals surface area contributed by atoms with Crippen LogP contribution in [0.15, 0.2) is 60.7 Å². The Balaban J connectivity index is 1.96. The summed E-state index contributed by atoms with van der Waals surface area (Å²) in [6.45, 7) is 0. The molecular formula is C23H18Cl2O. The van der Waals surface area contributed by atoms with E-state index < -0.39 is 0 Å². The molecule has 0 aromatic heterocycles. The fourth-order valence-electron chi connectivity index (χ4n) is 3.56. The number of halogens is 2. The van der Waals surface area contributed by atoms with Crippen LogP contribution in [0.2, 0.25) is 10.0 Å². The van der Waals surface area contributed by atoms with E-state index in [1.54, 1.807) is 7.11 Å². The first-order valence-electron chi connectivity index (χ1n) is 8.58. The van der Waals surface area contributed by atoms with Crippen molar-refractivity contribution in [1.29, 1.82) is 0 Å². The van der Waals surface area contributed by atoms with Crippen LogP contribution in [-0.2, 0) is 12.8 Å². The van der Waals surface area contributed by atoms with E-state index in [1.807, 2.05) is 30.3 Å². The minimum Gasteiger partial charge on any atom is -0.495 e. The Morgan fingerprint density at radius 3 is 2.50 bits per heavy atom. The predicted octanol–water partition coefficient (Wildman–Crippen LogP) is 6.69. The highest BCUT2D eigenvalue weighted by atomic mass is 35.5. The van der Waals surface area contributed by atoms with Gasteiger partial charge in [-0.25, -0.2) is 0 Å². The highest BCUT2D eigenvalue weighted by Crippen LogP contribution is 2.38. The number of aryl methyl sites for hydroxylation is 1. The van der Waals surface area contributed by atoms with Crippen molar-refractivity contribution in [3.63, 3.8) is 0 Å². The van der Waals surface area contributed by atoms with Crippen LogP contribution in [0.1, 0.15) is 27.8 Å². The maximum Gasteiger partial charge on any atom is 0.138 e. The predicted molar refractivity (Wildman–Crippen MR) is 110 cm³/mol. The third-order valence-corrected chi connectivity index (χ3v) is 5.51. The first-order chi connectivity index (χ1) is 12.7. The topological polar surface area (TPSA) is 9.23 Å². The van der Waals surface area contributed by atoms with E-state index >= 15 is 0 Å². The lowest BCUT2D eigenvalue weighted by Gasteiger charge is -2.13. The molecule has 0 fully saturated rings. The van der Waals surface area contributed by atoms with Crippen molar-refractivity contribution < 1.29 is 4.74 Å². The zero-order valence-corrected chi connectivity index (χ0v) is 15.9. The van der Waals surface area contributed by atoms with Gasteiger partial charge in [0.2, 0.25) is 0 Å². The van der Waals surface area contributed by atoms with Crippen LogP contribution < -0.4 is 4.74 Å². The van der Waals surface area contributed by atoms with E-state index in [0.29, 0.717) is 10.8 Å². The second kappa shape index (κ2) is 7.19. The summed E-state index contributed by atoms with van der Waals surface area (Å²) in [6, 6.07) is 20.6. The summed E-state index contributed by atoms with van der Waals surface area (Å²) in [5, 5.41) is 1.44. The van der Waals surface area contributed by atoms with Crippen molar-refractivity contribution in [2.45, 2.75) is 12.8 Å². The van der Waals surface area contributed by atoms with Gasteiger partial charge in [-0.3, -0.25) is 0 Å². The van der Waals surface area contributed by atoms with Crippen molar-refractivity contribution in [2.75, 3.05) is 7.11 Å². The SMILES string of the molecule is COc1cc(/C=C2/c3ccccc3CCc3c(Cl)cccc32)ccc1Cl. The Morgan fingerprint density at radius 1 is 0.846 bits per heavy atom. The second-order valence-corrected chi connectivity index (χ2v) is 7.19. The van der Waals surface area contributed by atoms with Crippen molar-refractivity contribution in [2.24, 2.45) is 0 Å². The molecule has 1 nitrogen and oxygen atoms in total. The largest absolute Gasteiger partial charge is 0.495 e. The molecule has 0 unspecified atom stereocenters. The Bertz CT molecular complexity index is 1000. The van der Waals surface area contributed by atoms with Gasteiger partial charge in [0.25, 0.3) is 0 Å². The molecule has 0 N–H and O–H groups in total. The number of hydrogen-bond donors (Lipinski definition) is 0. The van der Waals surface area contributed by atoms with Crippen LogP contribution >= 0.6 is 23.2 Å². The van der Waals surface area contributed by atoms with E-state index in [1.165, 1.54) is 27.8 Å². The number of benzene rings is 3. The molecular weight excluding hydrogens is 363 g/mol. The molecule has 0 amide bonds. The van der Waals surface area contributed by atoms with Gasteiger partial charge in [0.05, 0.1) is 12.1 Å². The van der Waals surface area contributed by atoms with Crippen LogP contribution in [0.3, 0.4) is 0 Å². The Kier molecular flexibility index (Phi) is 4.76. The fourth-order valence-corrected chi connectivity index (χ4v) is 4.02. The molecule has 0 radical (unpaired) electrons. The molecule has 130 valence electrons. The molecule has 0 bridgehead atoms. The first-order valence-corrected chi connectivity index (χ1v) is 9.34. The molecule has 3 aromatic rings. The maximum atomic E-state index is 6.53. The number of methoxy groups -OCH3 is 1. The van der Waals surface area contributed by atoms with Gasteiger partial charge in [-0.05, 0) is 70.5 Å². The molecule has 3 heteroatoms. The van der Waals surface area contributed by atoms with E-state index in [2.05, 4.69) is 36.4 Å². The van der Waals surface area contributed by atoms with Gasteiger partial charge < -0.3 is 4.74 Å². The summed E-state index contributed by atoms with van der Waals surface area (Å²) in [6.07, 6.45) is 4.11. The minimum absolute atomic E-state index is 0.611. The first kappa shape index (κ1) is 17.2. The number of hydrogen-bond acceptors (Lipinski definition) is 1. The lowest BCUT2D eigenvalue weighted by Crippen LogP contribution is -1.93. The molecule has 26 heavy (non-hydrogen) atoms. The normalized spacial score (nSPS) is 14.5. The minimum atomic E-state index is 0.611. The quantitative estimate of drug-likeness (QED) is 0.481. The average molecular weight is 381 g/mol. The zero-order chi connectivity index (χ0) is 18.1. The summed E-state index contributed by atoms with van der Waals surface area (Å²) < 4.78 is 5.38. The van der Waals surface area contributed by atoms with Gasteiger partial charge in [0.1, 0.15) is 5.75 Å². The third-order valence-electron chi connectivity index (χ3n) is 4.85. The summed E-state index contributed by atoms with van der Waals surface area (Å²) >= 11 is 12.7. The van der Waals surface area contributed by atoms with Gasteiger partial charge in [0, 0.05) is 5.02 Å². The molecule has 1 aliphatic carbocycles. The van der Waals surface area contributed by atoms with Gasteiger partial charge in [-0.1, -0.05) is 65.7 Å². The molecule has 0 heterocycles. The van der Waals surface area contributed by atoms with E-state index in [4.69, 9.17) is 27.9 Å². The summed E-state index contributed by atoms with van der Waals surface area (Å²) in [7, 11) is 1.63. The van der Waals surface area contributed by atoms with Crippen LogP contribution in [0.5, 0.6) is 5.75 Å². The molecule has 0 aliphatic heterocycles. The van der Waals surface area contributed by atoms with Crippen LogP contribution in [-0.4, -0.2) is 7.11 Å². The lowest BCUT2D eigenvalue weighted by molar-refractivity contribution is 0.415. The summed E-state index contributed by atoms with van der Waals surface area (Å²) in [5.41, 5.74) is 7.21. The average Bonchev–Trinajstić information content (AvgIpc) is 2.82. The van der Waals surface area contributed by atoms with Gasteiger partial charge in [-0.2, -0.15) is 0 Å². The summed E-state index contributed by atoms with van der Waals surface area (Å²) in [5.74, 6) is 0.675. The van der Waals surface area contributed by atoms with E-state index in [0.717, 1.165) is 23.4 Å². The number of ether oxygens (including phenoxy) is 1. The molecule has 3 aromatic carbocycles. The zero-order valence-electron chi connectivity index (χ0n) is 14.4. The van der Waals surface area contributed by atoms with Crippen molar-refractivity contribution in [3.05, 3.63) is 98.5 Å².